The molecule has 0 saturated heterocycles. The maximum absolute atomic E-state index is 6.46. The van der Waals surface area contributed by atoms with Crippen LogP contribution in [0.15, 0.2) is 97.2 Å². The van der Waals surface area contributed by atoms with Crippen molar-refractivity contribution in [1.29, 1.82) is 0 Å². The van der Waals surface area contributed by atoms with Gasteiger partial charge in [0, 0.05) is 44.3 Å². The van der Waals surface area contributed by atoms with E-state index in [1.54, 1.807) is 0 Å². The Hall–Kier alpha value is -4.21. The van der Waals surface area contributed by atoms with Gasteiger partial charge in [0.25, 0.3) is 0 Å². The van der Waals surface area contributed by atoms with Gasteiger partial charge in [0.2, 0.25) is 6.33 Å². The van der Waals surface area contributed by atoms with Crippen LogP contribution in [0.1, 0.15) is 43.6 Å². The van der Waals surface area contributed by atoms with E-state index in [2.05, 4.69) is 77.6 Å². The molecule has 4 saturated carbocycles. The molecule has 4 aliphatic rings. The summed E-state index contributed by atoms with van der Waals surface area (Å²) in [5.74, 6) is 6.48. The van der Waals surface area contributed by atoms with E-state index in [1.165, 1.54) is 43.1 Å². The van der Waals surface area contributed by atoms with Gasteiger partial charge < -0.3 is 18.4 Å². The normalized spacial score (nSPS) is 23.0. The van der Waals surface area contributed by atoms with Gasteiger partial charge in [-0.1, -0.05) is 53.7 Å². The van der Waals surface area contributed by atoms with Crippen LogP contribution < -0.4 is 9.30 Å². The van der Waals surface area contributed by atoms with Crippen molar-refractivity contribution in [2.45, 2.75) is 38.0 Å². The standard InChI is InChI=1S/C41H34N4O.Pt/c1-43-25-44(38-12-5-4-11-37(38)43)31-7-6-8-32(23-31)46-33-13-14-35-34-9-2-3-10-36(34)45(39(35)24-33)40-22-28(15-16-42-40)41-29-18-26-17-27(20-29)21-30(41)19-26;/h2-16,22,26-27,29-30,41H,17-21H2,1H3;/q-2;. The first kappa shape index (κ1) is 29.0. The number of rotatable bonds is 5. The molecule has 5 nitrogen and oxygen atoms in total. The number of benzene rings is 4. The first-order valence-electron chi connectivity index (χ1n) is 16.7. The Kier molecular flexibility index (Phi) is 6.90. The molecule has 3 heterocycles. The quantitative estimate of drug-likeness (QED) is 0.129. The largest absolute Gasteiger partial charge is 0.510 e. The fraction of sp³-hybridized carbons (Fsp3) is 0.268. The zero-order valence-electron chi connectivity index (χ0n) is 26.2. The van der Waals surface area contributed by atoms with Gasteiger partial charge in [0.05, 0.1) is 18.1 Å². The number of pyridine rings is 1. The first-order valence-corrected chi connectivity index (χ1v) is 16.7. The molecule has 0 amide bonds. The molecule has 6 heteroatoms. The SMILES string of the molecule is C[n+]1[c-]n(-c2[c-]c(Oc3[c-]c4c(cc3)c3ccccc3n4-c3cc(C4C5CC6CC(C5)CC4C6)ccn3)ccc2)c2ccccc21.[Pt]. The summed E-state index contributed by atoms with van der Waals surface area (Å²) >= 11 is 0. The molecule has 0 spiro atoms. The van der Waals surface area contributed by atoms with Gasteiger partial charge in [-0.15, -0.1) is 29.7 Å². The maximum Gasteiger partial charge on any atom is 0.242 e. The molecule has 4 bridgehead atoms. The fourth-order valence-corrected chi connectivity index (χ4v) is 9.53. The number of nitrogens with zero attached hydrogens (tertiary/aromatic N) is 4. The minimum Gasteiger partial charge on any atom is -0.510 e. The van der Waals surface area contributed by atoms with Gasteiger partial charge in [0.15, 0.2) is 0 Å². The second-order valence-electron chi connectivity index (χ2n) is 13.8. The zero-order valence-corrected chi connectivity index (χ0v) is 28.4. The molecule has 4 aliphatic carbocycles. The Morgan fingerprint density at radius 3 is 2.32 bits per heavy atom. The second-order valence-corrected chi connectivity index (χ2v) is 13.8. The predicted octanol–water partition coefficient (Wildman–Crippen LogP) is 8.68. The van der Waals surface area contributed by atoms with E-state index in [0.29, 0.717) is 17.4 Å². The van der Waals surface area contributed by atoms with Crippen molar-refractivity contribution in [1.82, 2.24) is 14.1 Å². The van der Waals surface area contributed by atoms with Gasteiger partial charge in [-0.2, -0.15) is 18.2 Å². The summed E-state index contributed by atoms with van der Waals surface area (Å²) in [5, 5.41) is 2.34. The minimum absolute atomic E-state index is 0. The fourth-order valence-electron chi connectivity index (χ4n) is 9.53. The Morgan fingerprint density at radius 1 is 0.745 bits per heavy atom. The molecular formula is C41H34N4OPt-2. The number of ether oxygens (including phenoxy) is 1. The predicted molar refractivity (Wildman–Crippen MR) is 179 cm³/mol. The van der Waals surface area contributed by atoms with Gasteiger partial charge in [0.1, 0.15) is 5.82 Å². The van der Waals surface area contributed by atoms with Crippen LogP contribution in [0.25, 0.3) is 44.3 Å². The molecular weight excluding hydrogens is 760 g/mol. The molecule has 3 aromatic heterocycles. The van der Waals surface area contributed by atoms with Crippen molar-refractivity contribution >= 4 is 32.8 Å². The third kappa shape index (κ3) is 4.69. The van der Waals surface area contributed by atoms with E-state index in [4.69, 9.17) is 9.72 Å². The van der Waals surface area contributed by atoms with Crippen molar-refractivity contribution in [2.24, 2.45) is 30.7 Å². The Morgan fingerprint density at radius 2 is 1.49 bits per heavy atom. The molecule has 0 unspecified atom stereocenters. The van der Waals surface area contributed by atoms with Gasteiger partial charge in [-0.05, 0) is 90.8 Å². The van der Waals surface area contributed by atoms with Crippen molar-refractivity contribution in [3.05, 3.63) is 121 Å². The van der Waals surface area contributed by atoms with Gasteiger partial charge in [-0.3, -0.25) is 0 Å². The Labute approximate surface area is 289 Å². The molecule has 236 valence electrons. The number of aryl methyl sites for hydroxylation is 1. The van der Waals surface area contributed by atoms with Crippen molar-refractivity contribution < 1.29 is 30.4 Å². The van der Waals surface area contributed by atoms with E-state index in [-0.39, 0.29) is 21.1 Å². The molecule has 4 aromatic carbocycles. The summed E-state index contributed by atoms with van der Waals surface area (Å²) in [4.78, 5) is 4.97. The van der Waals surface area contributed by atoms with Crippen molar-refractivity contribution in [3.8, 4) is 23.0 Å². The molecule has 4 fully saturated rings. The van der Waals surface area contributed by atoms with Crippen molar-refractivity contribution in [2.75, 3.05) is 0 Å². The van der Waals surface area contributed by atoms with Crippen LogP contribution in [0.4, 0.5) is 0 Å². The molecule has 47 heavy (non-hydrogen) atoms. The van der Waals surface area contributed by atoms with Crippen LogP contribution in [0.3, 0.4) is 0 Å². The average Bonchev–Trinajstić information content (AvgIpc) is 3.59. The molecule has 7 aromatic rings. The number of imidazole rings is 1. The number of hydrogen-bond donors (Lipinski definition) is 0. The molecule has 0 radical (unpaired) electrons. The second kappa shape index (κ2) is 11.2. The molecule has 0 atom stereocenters. The third-order valence-corrected chi connectivity index (χ3v) is 11.1. The van der Waals surface area contributed by atoms with E-state index >= 15 is 0 Å². The summed E-state index contributed by atoms with van der Waals surface area (Å²) < 4.78 is 12.8. The monoisotopic (exact) mass is 793 g/mol. The van der Waals surface area contributed by atoms with E-state index in [0.717, 1.165) is 62.6 Å². The van der Waals surface area contributed by atoms with Crippen LogP contribution in [0.2, 0.25) is 0 Å². The summed E-state index contributed by atoms with van der Waals surface area (Å²) in [5.41, 5.74) is 6.62. The first-order chi connectivity index (χ1) is 22.7. The number of para-hydroxylation sites is 3. The van der Waals surface area contributed by atoms with Crippen LogP contribution >= 0.6 is 0 Å². The van der Waals surface area contributed by atoms with E-state index < -0.39 is 0 Å². The van der Waals surface area contributed by atoms with E-state index in [1.807, 2.05) is 58.8 Å². The number of hydrogen-bond acceptors (Lipinski definition) is 2. The summed E-state index contributed by atoms with van der Waals surface area (Å²) in [7, 11) is 2.01. The van der Waals surface area contributed by atoms with E-state index in [9.17, 15) is 0 Å². The molecule has 0 N–H and O–H groups in total. The number of fused-ring (bicyclic) bond motifs is 4. The maximum atomic E-state index is 6.46. The summed E-state index contributed by atoms with van der Waals surface area (Å²) in [6, 6.07) is 38.8. The molecule has 0 aliphatic heterocycles. The van der Waals surface area contributed by atoms with Crippen LogP contribution in [-0.4, -0.2) is 14.1 Å². The van der Waals surface area contributed by atoms with Gasteiger partial charge in [-0.25, -0.2) is 4.98 Å². The topological polar surface area (TPSA) is 35.9 Å². The summed E-state index contributed by atoms with van der Waals surface area (Å²) in [6.45, 7) is 0. The average molecular weight is 794 g/mol. The smallest absolute Gasteiger partial charge is 0.242 e. The van der Waals surface area contributed by atoms with Crippen LogP contribution in [0.5, 0.6) is 11.5 Å². The van der Waals surface area contributed by atoms with Crippen molar-refractivity contribution in [3.63, 3.8) is 0 Å². The zero-order chi connectivity index (χ0) is 30.4. The molecule has 11 rings (SSSR count). The summed E-state index contributed by atoms with van der Waals surface area (Å²) in [6.07, 6.45) is 12.5. The Bertz CT molecular complexity index is 2270. The van der Waals surface area contributed by atoms with Crippen LogP contribution in [-0.2, 0) is 28.1 Å². The number of aromatic nitrogens is 4. The Balaban J connectivity index is 0.00000302. The third-order valence-electron chi connectivity index (χ3n) is 11.1. The van der Waals surface area contributed by atoms with Gasteiger partial charge >= 0.3 is 0 Å². The van der Waals surface area contributed by atoms with Crippen LogP contribution in [0, 0.1) is 42.1 Å². The minimum atomic E-state index is 0.